The molecule has 240 valence electrons. The van der Waals surface area contributed by atoms with Gasteiger partial charge in [-0.15, -0.1) is 36.4 Å². The third-order valence-electron chi connectivity index (χ3n) is 5.23. The Morgan fingerprint density at radius 2 is 0.787 bits per heavy atom. The average molecular weight is 717 g/mol. The van der Waals surface area contributed by atoms with Gasteiger partial charge < -0.3 is 8.37 Å². The number of rotatable bonds is 6. The van der Waals surface area contributed by atoms with E-state index < -0.39 is 55.0 Å². The van der Waals surface area contributed by atoms with Gasteiger partial charge in [-0.05, 0) is 24.3 Å². The van der Waals surface area contributed by atoms with E-state index in [1.165, 1.54) is 48.5 Å². The van der Waals surface area contributed by atoms with Crippen LogP contribution in [0.4, 0.5) is 17.6 Å². The first-order valence-corrected chi connectivity index (χ1v) is 15.9. The van der Waals surface area contributed by atoms with Crippen molar-refractivity contribution in [2.75, 3.05) is 0 Å². The first-order chi connectivity index (χ1) is 22.0. The molecule has 0 unspecified atom stereocenters. The Kier molecular flexibility index (Phi) is 15.8. The molecule has 0 heterocycles. The van der Waals surface area contributed by atoms with Crippen LogP contribution in [-0.2, 0) is 42.0 Å². The van der Waals surface area contributed by atoms with Gasteiger partial charge in [0.05, 0.1) is 23.1 Å². The smallest absolute Gasteiger partial charge is 0.440 e. The van der Waals surface area contributed by atoms with Gasteiger partial charge in [0.25, 0.3) is 0 Å². The van der Waals surface area contributed by atoms with E-state index in [9.17, 15) is 34.4 Å². The second-order valence-electron chi connectivity index (χ2n) is 8.59. The van der Waals surface area contributed by atoms with Gasteiger partial charge in [-0.2, -0.15) is 53.2 Å². The number of hydrogen-bond donors (Lipinski definition) is 0. The van der Waals surface area contributed by atoms with Gasteiger partial charge in [0.15, 0.2) is 0 Å². The predicted octanol–water partition coefficient (Wildman–Crippen LogP) is 7.87. The van der Waals surface area contributed by atoms with Gasteiger partial charge in [0.2, 0.25) is 0 Å². The Hall–Kier alpha value is -4.49. The molecular formula is C34H24F4O6S2Ti. The quantitative estimate of drug-likeness (QED) is 0.0755. The summed E-state index contributed by atoms with van der Waals surface area (Å²) in [5.41, 5.74) is 0. The number of benzene rings is 4. The van der Waals surface area contributed by atoms with Crippen molar-refractivity contribution in [1.82, 2.24) is 0 Å². The summed E-state index contributed by atoms with van der Waals surface area (Å²) >= 11 is 0. The van der Waals surface area contributed by atoms with Crippen LogP contribution in [0, 0.1) is 35.4 Å². The minimum atomic E-state index is -4.13. The van der Waals surface area contributed by atoms with Crippen molar-refractivity contribution < 1.29 is 64.5 Å². The van der Waals surface area contributed by atoms with Crippen LogP contribution < -0.4 is 8.37 Å². The molecule has 6 aromatic rings. The monoisotopic (exact) mass is 716 g/mol. The maximum absolute atomic E-state index is 13.2. The fraction of sp³-hybridized carbons (Fsp3) is 0. The average Bonchev–Trinajstić information content (AvgIpc) is 3.82. The van der Waals surface area contributed by atoms with Crippen LogP contribution in [0.3, 0.4) is 0 Å². The van der Waals surface area contributed by atoms with Gasteiger partial charge in [0, 0.05) is 11.6 Å². The molecule has 13 heteroatoms. The predicted molar refractivity (Wildman–Crippen MR) is 163 cm³/mol. The van der Waals surface area contributed by atoms with E-state index >= 15 is 0 Å². The SMILES string of the molecule is O=S(=O)(Oc1ccc(F)[c-]c1F)c1ccccc1.O=S(=O)(Oc1ccc(F)[c-]c1F)c1ccccc1.[Ti+4].c1cc[cH-]c1.c1cc[cH-]c1. The van der Waals surface area contributed by atoms with Crippen LogP contribution in [0.15, 0.2) is 155 Å². The zero-order chi connectivity index (χ0) is 33.4. The normalized spacial score (nSPS) is 10.3. The third kappa shape index (κ3) is 13.4. The van der Waals surface area contributed by atoms with E-state index in [1.807, 2.05) is 60.7 Å². The van der Waals surface area contributed by atoms with E-state index in [4.69, 9.17) is 0 Å². The molecule has 0 radical (unpaired) electrons. The molecule has 6 rings (SSSR count). The standard InChI is InChI=1S/2C12H7F2O3S.2C5H5.Ti/c2*13-9-6-7-12(11(14)8-9)17-18(15,16)10-4-2-1-3-5-10;2*1-2-4-5-3-1;/h2*1-7H;2*1-5H;/q4*-1;+4. The molecule has 0 aliphatic rings. The topological polar surface area (TPSA) is 86.7 Å². The van der Waals surface area contributed by atoms with Crippen LogP contribution in [-0.4, -0.2) is 16.8 Å². The van der Waals surface area contributed by atoms with Crippen LogP contribution in [0.2, 0.25) is 0 Å². The Morgan fingerprint density at radius 1 is 0.468 bits per heavy atom. The minimum absolute atomic E-state index is 0. The largest absolute Gasteiger partial charge is 4.00 e. The molecule has 0 amide bonds. The molecule has 0 saturated carbocycles. The van der Waals surface area contributed by atoms with Crippen molar-refractivity contribution in [3.8, 4) is 11.5 Å². The molecule has 0 N–H and O–H groups in total. The van der Waals surface area contributed by atoms with Gasteiger partial charge in [-0.25, -0.2) is 41.8 Å². The minimum Gasteiger partial charge on any atom is -0.440 e. The summed E-state index contributed by atoms with van der Waals surface area (Å²) < 4.78 is 108. The first-order valence-electron chi connectivity index (χ1n) is 13.0. The summed E-state index contributed by atoms with van der Waals surface area (Å²) in [6.45, 7) is 0. The molecule has 6 nitrogen and oxygen atoms in total. The fourth-order valence-electron chi connectivity index (χ4n) is 3.14. The number of halogens is 4. The zero-order valence-corrected chi connectivity index (χ0v) is 27.3. The Bertz CT molecular complexity index is 1780. The van der Waals surface area contributed by atoms with E-state index in [1.54, 1.807) is 24.3 Å². The Balaban J connectivity index is 0.000000248. The summed E-state index contributed by atoms with van der Waals surface area (Å²) in [6, 6.07) is 41.4. The molecular weight excluding hydrogens is 692 g/mol. The maximum Gasteiger partial charge on any atom is 4.00 e. The van der Waals surface area contributed by atoms with Gasteiger partial charge in [-0.3, -0.25) is 0 Å². The van der Waals surface area contributed by atoms with Crippen molar-refractivity contribution in [2.45, 2.75) is 9.79 Å². The van der Waals surface area contributed by atoms with Crippen LogP contribution in [0.1, 0.15) is 0 Å². The molecule has 6 aromatic carbocycles. The maximum atomic E-state index is 13.2. The molecule has 0 spiro atoms. The van der Waals surface area contributed by atoms with Crippen molar-refractivity contribution in [2.24, 2.45) is 0 Å². The zero-order valence-electron chi connectivity index (χ0n) is 24.1. The molecule has 0 bridgehead atoms. The van der Waals surface area contributed by atoms with E-state index in [2.05, 4.69) is 8.37 Å². The van der Waals surface area contributed by atoms with Crippen LogP contribution in [0.25, 0.3) is 0 Å². The second-order valence-corrected chi connectivity index (χ2v) is 11.7. The molecule has 0 aromatic heterocycles. The third-order valence-corrected chi connectivity index (χ3v) is 7.72. The Morgan fingerprint density at radius 3 is 1.04 bits per heavy atom. The second kappa shape index (κ2) is 19.2. The summed E-state index contributed by atoms with van der Waals surface area (Å²) in [5, 5.41) is 0. The molecule has 0 fully saturated rings. The van der Waals surface area contributed by atoms with Gasteiger partial charge in [-0.1, -0.05) is 36.4 Å². The molecule has 0 aliphatic heterocycles. The van der Waals surface area contributed by atoms with Gasteiger partial charge >= 0.3 is 42.0 Å². The van der Waals surface area contributed by atoms with Crippen LogP contribution in [0.5, 0.6) is 11.5 Å². The van der Waals surface area contributed by atoms with Crippen molar-refractivity contribution >= 4 is 20.2 Å². The summed E-state index contributed by atoms with van der Waals surface area (Å²) in [6.07, 6.45) is 0. The fourth-order valence-corrected chi connectivity index (χ4v) is 5.04. The number of hydrogen-bond acceptors (Lipinski definition) is 6. The van der Waals surface area contributed by atoms with Crippen molar-refractivity contribution in [3.63, 3.8) is 0 Å². The summed E-state index contributed by atoms with van der Waals surface area (Å²) in [5.74, 6) is -5.46. The first kappa shape index (κ1) is 38.7. The summed E-state index contributed by atoms with van der Waals surface area (Å²) in [7, 11) is -8.26. The molecule has 0 aliphatic carbocycles. The van der Waals surface area contributed by atoms with Crippen molar-refractivity contribution in [3.05, 3.63) is 181 Å². The van der Waals surface area contributed by atoms with Crippen molar-refractivity contribution in [1.29, 1.82) is 0 Å². The van der Waals surface area contributed by atoms with Gasteiger partial charge in [0.1, 0.15) is 9.79 Å². The molecule has 0 saturated heterocycles. The van der Waals surface area contributed by atoms with E-state index in [0.717, 1.165) is 24.3 Å². The molecule has 47 heavy (non-hydrogen) atoms. The summed E-state index contributed by atoms with van der Waals surface area (Å²) in [4.78, 5) is -0.234. The van der Waals surface area contributed by atoms with E-state index in [-0.39, 0.29) is 31.5 Å². The van der Waals surface area contributed by atoms with E-state index in [0.29, 0.717) is 0 Å². The van der Waals surface area contributed by atoms with Crippen LogP contribution >= 0.6 is 0 Å². The Labute approximate surface area is 285 Å². The molecule has 0 atom stereocenters.